The molecule has 20 heavy (non-hydrogen) atoms. The maximum atomic E-state index is 3.73. The van der Waals surface area contributed by atoms with Gasteiger partial charge in [0.1, 0.15) is 0 Å². The van der Waals surface area contributed by atoms with Gasteiger partial charge in [0.25, 0.3) is 0 Å². The highest BCUT2D eigenvalue weighted by Crippen LogP contribution is 2.30. The molecule has 0 saturated heterocycles. The molecular formula is C19H31N. The van der Waals surface area contributed by atoms with Gasteiger partial charge in [0.05, 0.1) is 0 Å². The Labute approximate surface area is 125 Å². The maximum absolute atomic E-state index is 3.73. The molecule has 1 saturated carbocycles. The van der Waals surface area contributed by atoms with Crippen molar-refractivity contribution in [2.45, 2.75) is 71.8 Å². The van der Waals surface area contributed by atoms with Crippen molar-refractivity contribution in [2.75, 3.05) is 6.54 Å². The van der Waals surface area contributed by atoms with Crippen LogP contribution in [-0.4, -0.2) is 12.6 Å². The van der Waals surface area contributed by atoms with Gasteiger partial charge in [-0.3, -0.25) is 0 Å². The Morgan fingerprint density at radius 2 is 1.85 bits per heavy atom. The first-order chi connectivity index (χ1) is 9.52. The summed E-state index contributed by atoms with van der Waals surface area (Å²) in [7, 11) is 0. The molecule has 0 heterocycles. The van der Waals surface area contributed by atoms with Crippen LogP contribution >= 0.6 is 0 Å². The minimum Gasteiger partial charge on any atom is -0.313 e. The van der Waals surface area contributed by atoms with Crippen molar-refractivity contribution in [3.63, 3.8) is 0 Å². The molecule has 1 aromatic rings. The van der Waals surface area contributed by atoms with Crippen LogP contribution in [0.5, 0.6) is 0 Å². The van der Waals surface area contributed by atoms with Crippen molar-refractivity contribution in [2.24, 2.45) is 5.41 Å². The van der Waals surface area contributed by atoms with E-state index in [0.717, 1.165) is 12.6 Å². The molecule has 0 aliphatic heterocycles. The van der Waals surface area contributed by atoms with E-state index in [1.807, 2.05) is 0 Å². The normalized spacial score (nSPS) is 18.2. The van der Waals surface area contributed by atoms with Crippen molar-refractivity contribution in [1.82, 2.24) is 5.32 Å². The van der Waals surface area contributed by atoms with Gasteiger partial charge in [0.15, 0.2) is 0 Å². The Balaban J connectivity index is 1.98. The molecule has 0 radical (unpaired) electrons. The third kappa shape index (κ3) is 4.63. The lowest BCUT2D eigenvalue weighted by molar-refractivity contribution is 0.274. The Bertz CT molecular complexity index is 402. The zero-order valence-corrected chi connectivity index (χ0v) is 13.7. The monoisotopic (exact) mass is 273 g/mol. The van der Waals surface area contributed by atoms with Gasteiger partial charge in [-0.15, -0.1) is 0 Å². The van der Waals surface area contributed by atoms with E-state index in [2.05, 4.69) is 57.3 Å². The van der Waals surface area contributed by atoms with Gasteiger partial charge in [-0.05, 0) is 48.1 Å². The lowest BCUT2D eigenvalue weighted by Gasteiger charge is -2.30. The maximum Gasteiger partial charge on any atom is 0.00684 e. The molecule has 1 aliphatic carbocycles. The van der Waals surface area contributed by atoms with E-state index in [4.69, 9.17) is 0 Å². The van der Waals surface area contributed by atoms with Gasteiger partial charge in [0, 0.05) is 12.6 Å². The lowest BCUT2D eigenvalue weighted by Crippen LogP contribution is -2.34. The second-order valence-electron chi connectivity index (χ2n) is 7.29. The summed E-state index contributed by atoms with van der Waals surface area (Å²) in [4.78, 5) is 0. The second kappa shape index (κ2) is 6.76. The summed E-state index contributed by atoms with van der Waals surface area (Å²) < 4.78 is 0. The summed E-state index contributed by atoms with van der Waals surface area (Å²) >= 11 is 0. The van der Waals surface area contributed by atoms with Crippen LogP contribution in [0.2, 0.25) is 0 Å². The van der Waals surface area contributed by atoms with Crippen molar-refractivity contribution in [1.29, 1.82) is 0 Å². The number of hydrogen-bond donors (Lipinski definition) is 1. The summed E-state index contributed by atoms with van der Waals surface area (Å²) in [5.41, 5.74) is 3.33. The van der Waals surface area contributed by atoms with Gasteiger partial charge in [-0.1, -0.05) is 58.4 Å². The summed E-state index contributed by atoms with van der Waals surface area (Å²) in [5.74, 6) is 0.627. The first kappa shape index (κ1) is 15.6. The Morgan fingerprint density at radius 3 is 2.35 bits per heavy atom. The molecule has 0 spiro atoms. The van der Waals surface area contributed by atoms with E-state index in [0.29, 0.717) is 11.3 Å². The average molecular weight is 273 g/mol. The average Bonchev–Trinajstić information content (AvgIpc) is 3.21. The predicted octanol–water partition coefficient (Wildman–Crippen LogP) is 4.91. The smallest absolute Gasteiger partial charge is 0.00684 e. The fourth-order valence-corrected chi connectivity index (χ4v) is 3.03. The quantitative estimate of drug-likeness (QED) is 0.709. The van der Waals surface area contributed by atoms with Gasteiger partial charge in [-0.2, -0.15) is 0 Å². The van der Waals surface area contributed by atoms with Gasteiger partial charge >= 0.3 is 0 Å². The first-order valence-electron chi connectivity index (χ1n) is 8.34. The summed E-state index contributed by atoms with van der Waals surface area (Å²) in [6.45, 7) is 10.4. The number of hydrogen-bond acceptors (Lipinski definition) is 1. The molecule has 1 atom stereocenters. The third-order valence-electron chi connectivity index (χ3n) is 4.53. The van der Waals surface area contributed by atoms with Crippen LogP contribution in [0.15, 0.2) is 24.3 Å². The highest BCUT2D eigenvalue weighted by molar-refractivity contribution is 5.25. The van der Waals surface area contributed by atoms with Crippen LogP contribution in [0.3, 0.4) is 0 Å². The Hall–Kier alpha value is -0.820. The molecule has 1 nitrogen and oxygen atoms in total. The minimum atomic E-state index is 0.399. The molecule has 2 rings (SSSR count). The zero-order chi connectivity index (χ0) is 14.6. The SMILES string of the molecule is CCCC(C)(CNC1CC1)Cc1ccc(C(C)C)cc1. The molecule has 0 amide bonds. The largest absolute Gasteiger partial charge is 0.313 e. The van der Waals surface area contributed by atoms with E-state index in [1.54, 1.807) is 0 Å². The summed E-state index contributed by atoms with van der Waals surface area (Å²) in [6, 6.07) is 10.1. The van der Waals surface area contributed by atoms with Crippen LogP contribution in [0.1, 0.15) is 70.4 Å². The molecular weight excluding hydrogens is 242 g/mol. The van der Waals surface area contributed by atoms with Gasteiger partial charge < -0.3 is 5.32 Å². The zero-order valence-electron chi connectivity index (χ0n) is 13.7. The predicted molar refractivity (Wildman–Crippen MR) is 88.3 cm³/mol. The number of benzene rings is 1. The second-order valence-corrected chi connectivity index (χ2v) is 7.29. The molecule has 1 N–H and O–H groups in total. The van der Waals surface area contributed by atoms with Crippen molar-refractivity contribution < 1.29 is 0 Å². The lowest BCUT2D eigenvalue weighted by atomic mass is 9.79. The Kier molecular flexibility index (Phi) is 5.26. The fourth-order valence-electron chi connectivity index (χ4n) is 3.03. The fraction of sp³-hybridized carbons (Fsp3) is 0.684. The first-order valence-corrected chi connectivity index (χ1v) is 8.34. The summed E-state index contributed by atoms with van der Waals surface area (Å²) in [5, 5.41) is 3.73. The molecule has 1 unspecified atom stereocenters. The van der Waals surface area contributed by atoms with Crippen molar-refractivity contribution in [3.05, 3.63) is 35.4 Å². The Morgan fingerprint density at radius 1 is 1.20 bits per heavy atom. The van der Waals surface area contributed by atoms with Crippen LogP contribution < -0.4 is 5.32 Å². The molecule has 112 valence electrons. The molecule has 1 heteroatoms. The molecule has 1 fully saturated rings. The highest BCUT2D eigenvalue weighted by Gasteiger charge is 2.28. The van der Waals surface area contributed by atoms with E-state index in [-0.39, 0.29) is 0 Å². The van der Waals surface area contributed by atoms with Gasteiger partial charge in [0.2, 0.25) is 0 Å². The van der Waals surface area contributed by atoms with Crippen LogP contribution in [0.4, 0.5) is 0 Å². The van der Waals surface area contributed by atoms with Crippen LogP contribution in [-0.2, 0) is 6.42 Å². The van der Waals surface area contributed by atoms with Gasteiger partial charge in [-0.25, -0.2) is 0 Å². The molecule has 1 aromatic carbocycles. The van der Waals surface area contributed by atoms with E-state index < -0.39 is 0 Å². The molecule has 0 aromatic heterocycles. The topological polar surface area (TPSA) is 12.0 Å². The van der Waals surface area contributed by atoms with Crippen LogP contribution in [0.25, 0.3) is 0 Å². The van der Waals surface area contributed by atoms with E-state index in [1.165, 1.54) is 43.2 Å². The summed E-state index contributed by atoms with van der Waals surface area (Å²) in [6.07, 6.45) is 6.53. The standard InChI is InChI=1S/C19H31N/c1-5-12-19(4,14-20-18-10-11-18)13-16-6-8-17(9-7-16)15(2)3/h6-9,15,18,20H,5,10-14H2,1-4H3. The van der Waals surface area contributed by atoms with E-state index >= 15 is 0 Å². The minimum absolute atomic E-state index is 0.399. The number of rotatable bonds is 8. The molecule has 1 aliphatic rings. The highest BCUT2D eigenvalue weighted by atomic mass is 15.0. The third-order valence-corrected chi connectivity index (χ3v) is 4.53. The van der Waals surface area contributed by atoms with Crippen LogP contribution in [0, 0.1) is 5.41 Å². The van der Waals surface area contributed by atoms with E-state index in [9.17, 15) is 0 Å². The molecule has 0 bridgehead atoms. The van der Waals surface area contributed by atoms with Crippen molar-refractivity contribution >= 4 is 0 Å². The number of nitrogens with one attached hydrogen (secondary N) is 1. The van der Waals surface area contributed by atoms with Crippen molar-refractivity contribution in [3.8, 4) is 0 Å².